The number of nitrogens with zero attached hydrogens (tertiary/aromatic N) is 3. The van der Waals surface area contributed by atoms with E-state index >= 15 is 0 Å². The first-order valence-electron chi connectivity index (χ1n) is 10.3. The number of H-pyrrole nitrogens is 2. The normalized spacial score (nSPS) is 11.7. The van der Waals surface area contributed by atoms with Gasteiger partial charge in [-0.3, -0.25) is 19.1 Å². The van der Waals surface area contributed by atoms with Crippen LogP contribution in [0.2, 0.25) is 0 Å². The van der Waals surface area contributed by atoms with Gasteiger partial charge in [-0.25, -0.2) is 9.78 Å². The minimum absolute atomic E-state index is 0.00203. The minimum atomic E-state index is -4.62. The van der Waals surface area contributed by atoms with Crippen LogP contribution in [-0.4, -0.2) is 38.5 Å². The van der Waals surface area contributed by atoms with E-state index in [2.05, 4.69) is 20.3 Å². The first-order valence-corrected chi connectivity index (χ1v) is 10.3. The number of nitrogens with two attached hydrogens (primary N) is 1. The molecule has 0 aliphatic heterocycles. The fraction of sp³-hybridized carbons (Fsp3) is 0.400. The molecule has 0 unspecified atom stereocenters. The standard InChI is InChI=1S/C20H24F3N7O3/c1-3-5-8-30-16(24)15(17(32)28-19(30)33)29(4-2)10-14(31)25-11-6-7-12-13(9-11)27-18(26-12)20(21,22)23/h6-7,9H,3-5,8,10,24H2,1-2H3,(H,25,31)(H,26,27)(H,28,32,33). The quantitative estimate of drug-likeness (QED) is 0.400. The molecule has 0 saturated carbocycles. The molecule has 3 rings (SSSR count). The second-order valence-corrected chi connectivity index (χ2v) is 7.38. The number of carbonyl (C=O) groups excluding carboxylic acids is 1. The van der Waals surface area contributed by atoms with Gasteiger partial charge in [-0.05, 0) is 31.5 Å². The molecule has 0 spiro atoms. The molecule has 0 atom stereocenters. The largest absolute Gasteiger partial charge is 0.449 e. The van der Waals surface area contributed by atoms with Gasteiger partial charge in [0.05, 0.1) is 17.6 Å². The lowest BCUT2D eigenvalue weighted by Crippen LogP contribution is -2.41. The number of rotatable bonds is 8. The first kappa shape index (κ1) is 23.9. The molecule has 1 amide bonds. The van der Waals surface area contributed by atoms with Crippen molar-refractivity contribution in [3.8, 4) is 0 Å². The van der Waals surface area contributed by atoms with Gasteiger partial charge in [0.2, 0.25) is 11.7 Å². The number of nitrogens with one attached hydrogen (secondary N) is 3. The van der Waals surface area contributed by atoms with Crippen LogP contribution < -0.4 is 27.2 Å². The third-order valence-electron chi connectivity index (χ3n) is 5.02. The summed E-state index contributed by atoms with van der Waals surface area (Å²) >= 11 is 0. The summed E-state index contributed by atoms with van der Waals surface area (Å²) in [5.41, 5.74) is 5.22. The van der Waals surface area contributed by atoms with Crippen molar-refractivity contribution in [3.63, 3.8) is 0 Å². The lowest BCUT2D eigenvalue weighted by Gasteiger charge is -2.24. The van der Waals surface area contributed by atoms with Crippen LogP contribution in [0.25, 0.3) is 11.0 Å². The van der Waals surface area contributed by atoms with Crippen LogP contribution in [-0.2, 0) is 17.5 Å². The van der Waals surface area contributed by atoms with Crippen molar-refractivity contribution in [2.24, 2.45) is 0 Å². The van der Waals surface area contributed by atoms with Crippen molar-refractivity contribution in [3.05, 3.63) is 44.9 Å². The van der Waals surface area contributed by atoms with E-state index in [0.717, 1.165) is 6.42 Å². The Morgan fingerprint density at radius 2 is 1.97 bits per heavy atom. The molecule has 0 aliphatic rings. The Morgan fingerprint density at radius 3 is 2.61 bits per heavy atom. The topological polar surface area (TPSA) is 142 Å². The highest BCUT2D eigenvalue weighted by Crippen LogP contribution is 2.29. The number of aromatic amines is 2. The number of nitrogen functional groups attached to an aromatic ring is 1. The zero-order chi connectivity index (χ0) is 24.3. The van der Waals surface area contributed by atoms with E-state index in [1.54, 1.807) is 6.92 Å². The van der Waals surface area contributed by atoms with Crippen LogP contribution >= 0.6 is 0 Å². The Labute approximate surface area is 185 Å². The molecule has 33 heavy (non-hydrogen) atoms. The molecule has 0 fully saturated rings. The smallest absolute Gasteiger partial charge is 0.383 e. The maximum absolute atomic E-state index is 12.8. The first-order chi connectivity index (χ1) is 15.5. The molecule has 5 N–H and O–H groups in total. The molecule has 0 saturated heterocycles. The van der Waals surface area contributed by atoms with E-state index in [1.807, 2.05) is 6.92 Å². The van der Waals surface area contributed by atoms with E-state index in [4.69, 9.17) is 5.73 Å². The number of imidazole rings is 1. The molecule has 0 bridgehead atoms. The Hall–Kier alpha value is -3.77. The number of fused-ring (bicyclic) bond motifs is 1. The molecule has 0 radical (unpaired) electrons. The molecular weight excluding hydrogens is 443 g/mol. The average molecular weight is 467 g/mol. The van der Waals surface area contributed by atoms with Gasteiger partial charge < -0.3 is 20.9 Å². The monoisotopic (exact) mass is 467 g/mol. The van der Waals surface area contributed by atoms with Crippen molar-refractivity contribution in [2.75, 3.05) is 29.0 Å². The van der Waals surface area contributed by atoms with Crippen LogP contribution in [0.1, 0.15) is 32.5 Å². The summed E-state index contributed by atoms with van der Waals surface area (Å²) in [5.74, 6) is -1.70. The van der Waals surface area contributed by atoms with Gasteiger partial charge in [0, 0.05) is 18.8 Å². The Kier molecular flexibility index (Phi) is 6.79. The number of hydrogen-bond donors (Lipinski definition) is 4. The van der Waals surface area contributed by atoms with Gasteiger partial charge in [-0.15, -0.1) is 0 Å². The van der Waals surface area contributed by atoms with E-state index in [1.165, 1.54) is 27.7 Å². The van der Waals surface area contributed by atoms with Crippen molar-refractivity contribution in [1.29, 1.82) is 0 Å². The number of hydrogen-bond acceptors (Lipinski definition) is 6. The number of anilines is 3. The van der Waals surface area contributed by atoms with Gasteiger partial charge in [0.25, 0.3) is 5.56 Å². The van der Waals surface area contributed by atoms with Crippen molar-refractivity contribution < 1.29 is 18.0 Å². The van der Waals surface area contributed by atoms with Crippen molar-refractivity contribution >= 4 is 34.1 Å². The highest BCUT2D eigenvalue weighted by molar-refractivity contribution is 5.96. The molecule has 2 aromatic heterocycles. The highest BCUT2D eigenvalue weighted by Gasteiger charge is 2.34. The number of aromatic nitrogens is 4. The lowest BCUT2D eigenvalue weighted by atomic mass is 10.2. The van der Waals surface area contributed by atoms with Crippen LogP contribution in [0, 0.1) is 0 Å². The van der Waals surface area contributed by atoms with Gasteiger partial charge in [-0.1, -0.05) is 13.3 Å². The predicted octanol–water partition coefficient (Wildman–Crippen LogP) is 2.28. The molecule has 10 nitrogen and oxygen atoms in total. The van der Waals surface area contributed by atoms with Gasteiger partial charge in [0.1, 0.15) is 11.5 Å². The number of likely N-dealkylation sites (N-methyl/N-ethyl adjacent to an activating group) is 1. The maximum Gasteiger partial charge on any atom is 0.449 e. The summed E-state index contributed by atoms with van der Waals surface area (Å²) in [5, 5.41) is 2.58. The molecular formula is C20H24F3N7O3. The molecule has 1 aromatic carbocycles. The number of amides is 1. The third kappa shape index (κ3) is 5.18. The summed E-state index contributed by atoms with van der Waals surface area (Å²) < 4.78 is 39.8. The molecule has 2 heterocycles. The van der Waals surface area contributed by atoms with E-state index < -0.39 is 29.2 Å². The van der Waals surface area contributed by atoms with Crippen LogP contribution in [0.4, 0.5) is 30.4 Å². The predicted molar refractivity (Wildman–Crippen MR) is 118 cm³/mol. The Balaban J connectivity index is 1.82. The SMILES string of the molecule is CCCCn1c(N)c(N(CC)CC(=O)Nc2ccc3nc(C(F)(F)F)[nH]c3c2)c(=O)[nH]c1=O. The second kappa shape index (κ2) is 9.38. The molecule has 13 heteroatoms. The van der Waals surface area contributed by atoms with Crippen LogP contribution in [0.15, 0.2) is 27.8 Å². The molecule has 0 aliphatic carbocycles. The summed E-state index contributed by atoms with van der Waals surface area (Å²) in [7, 11) is 0. The number of alkyl halides is 3. The third-order valence-corrected chi connectivity index (χ3v) is 5.02. The number of carbonyl (C=O) groups is 1. The number of halogens is 3. The zero-order valence-corrected chi connectivity index (χ0v) is 18.0. The molecule has 3 aromatic rings. The Bertz CT molecular complexity index is 1280. The number of unbranched alkanes of at least 4 members (excludes halogenated alkanes) is 1. The summed E-state index contributed by atoms with van der Waals surface area (Å²) in [6.07, 6.45) is -3.13. The minimum Gasteiger partial charge on any atom is -0.383 e. The van der Waals surface area contributed by atoms with Crippen molar-refractivity contribution in [1.82, 2.24) is 19.5 Å². The second-order valence-electron chi connectivity index (χ2n) is 7.38. The van der Waals surface area contributed by atoms with E-state index in [0.29, 0.717) is 13.0 Å². The molecule has 178 valence electrons. The van der Waals surface area contributed by atoms with Crippen molar-refractivity contribution in [2.45, 2.75) is 39.4 Å². The van der Waals surface area contributed by atoms with Gasteiger partial charge in [0.15, 0.2) is 0 Å². The Morgan fingerprint density at radius 1 is 1.24 bits per heavy atom. The van der Waals surface area contributed by atoms with Gasteiger partial charge in [-0.2, -0.15) is 13.2 Å². The van der Waals surface area contributed by atoms with Gasteiger partial charge >= 0.3 is 11.9 Å². The maximum atomic E-state index is 12.8. The van der Waals surface area contributed by atoms with Crippen LogP contribution in [0.3, 0.4) is 0 Å². The number of benzene rings is 1. The van der Waals surface area contributed by atoms with Crippen LogP contribution in [0.5, 0.6) is 0 Å². The average Bonchev–Trinajstić information content (AvgIpc) is 3.16. The lowest BCUT2D eigenvalue weighted by molar-refractivity contribution is -0.144. The zero-order valence-electron chi connectivity index (χ0n) is 18.0. The summed E-state index contributed by atoms with van der Waals surface area (Å²) in [6, 6.07) is 4.10. The fourth-order valence-corrected chi connectivity index (χ4v) is 3.37. The summed E-state index contributed by atoms with van der Waals surface area (Å²) in [4.78, 5) is 46.5. The van der Waals surface area contributed by atoms with E-state index in [9.17, 15) is 27.6 Å². The summed E-state index contributed by atoms with van der Waals surface area (Å²) in [6.45, 7) is 3.94. The fourth-order valence-electron chi connectivity index (χ4n) is 3.37. The highest BCUT2D eigenvalue weighted by atomic mass is 19.4. The van der Waals surface area contributed by atoms with E-state index in [-0.39, 0.29) is 41.3 Å².